The van der Waals surface area contributed by atoms with E-state index in [9.17, 15) is 9.59 Å². The van der Waals surface area contributed by atoms with Gasteiger partial charge >= 0.3 is 6.09 Å². The zero-order valence-electron chi connectivity index (χ0n) is 12.1. The molecule has 0 bridgehead atoms. The molecular formula is C14H21N2O4+. The van der Waals surface area contributed by atoms with Gasteiger partial charge in [-0.1, -0.05) is 0 Å². The maximum atomic E-state index is 11.5. The van der Waals surface area contributed by atoms with Crippen LogP contribution in [-0.4, -0.2) is 39.3 Å². The average Bonchev–Trinajstić information content (AvgIpc) is 2.40. The summed E-state index contributed by atoms with van der Waals surface area (Å²) in [5.74, 6) is 0.470. The predicted molar refractivity (Wildman–Crippen MR) is 73.6 cm³/mol. The van der Waals surface area contributed by atoms with Gasteiger partial charge < -0.3 is 14.4 Å². The van der Waals surface area contributed by atoms with Crippen LogP contribution in [0.25, 0.3) is 0 Å². The summed E-state index contributed by atoms with van der Waals surface area (Å²) in [5.41, 5.74) is 1.09. The molecule has 0 aromatic heterocycles. The van der Waals surface area contributed by atoms with E-state index in [4.69, 9.17) is 4.74 Å². The van der Waals surface area contributed by atoms with E-state index in [1.807, 2.05) is 38.2 Å². The molecule has 0 heterocycles. The van der Waals surface area contributed by atoms with Gasteiger partial charge in [0, 0.05) is 5.56 Å². The number of benzene rings is 1. The van der Waals surface area contributed by atoms with E-state index in [0.29, 0.717) is 13.2 Å². The van der Waals surface area contributed by atoms with Crippen LogP contribution in [-0.2, 0) is 16.1 Å². The van der Waals surface area contributed by atoms with Gasteiger partial charge in [0.2, 0.25) is 0 Å². The third-order valence-electron chi connectivity index (χ3n) is 2.63. The van der Waals surface area contributed by atoms with Gasteiger partial charge in [0.15, 0.2) is 6.54 Å². The summed E-state index contributed by atoms with van der Waals surface area (Å²) in [4.78, 5) is 23.4. The van der Waals surface area contributed by atoms with Crippen molar-refractivity contribution in [3.8, 4) is 5.75 Å². The number of alkyl carbamates (subject to hydrolysis) is 1. The Morgan fingerprint density at radius 1 is 1.25 bits per heavy atom. The second-order valence-electron chi connectivity index (χ2n) is 4.43. The molecule has 1 aromatic carbocycles. The van der Waals surface area contributed by atoms with Crippen molar-refractivity contribution in [2.24, 2.45) is 0 Å². The number of likely N-dealkylation sites (N-methyl/N-ethyl adjacent to an activating group) is 1. The Morgan fingerprint density at radius 2 is 1.90 bits per heavy atom. The number of amides is 2. The molecule has 2 N–H and O–H groups in total. The summed E-state index contributed by atoms with van der Waals surface area (Å²) in [6.45, 7) is 3.45. The zero-order valence-corrected chi connectivity index (χ0v) is 12.1. The first-order chi connectivity index (χ1) is 9.55. The maximum Gasteiger partial charge on any atom is 0.413 e. The Bertz CT molecular complexity index is 445. The predicted octanol–water partition coefficient (Wildman–Crippen LogP) is -0.0174. The first kappa shape index (κ1) is 16.0. The highest BCUT2D eigenvalue weighted by Gasteiger charge is 2.13. The van der Waals surface area contributed by atoms with E-state index in [0.717, 1.165) is 16.2 Å². The van der Waals surface area contributed by atoms with Crippen LogP contribution in [0.5, 0.6) is 5.75 Å². The first-order valence-electron chi connectivity index (χ1n) is 6.46. The lowest BCUT2D eigenvalue weighted by molar-refractivity contribution is -0.885. The molecule has 1 unspecified atom stereocenters. The summed E-state index contributed by atoms with van der Waals surface area (Å²) in [7, 11) is 3.10. The van der Waals surface area contributed by atoms with Crippen LogP contribution in [0.15, 0.2) is 24.3 Å². The molecule has 20 heavy (non-hydrogen) atoms. The largest absolute Gasteiger partial charge is 0.494 e. The number of hydrogen-bond acceptors (Lipinski definition) is 4. The van der Waals surface area contributed by atoms with Crippen molar-refractivity contribution in [1.29, 1.82) is 0 Å². The standard InChI is InChI=1S/C14H20N2O4/c1-4-20-12-7-5-11(6-8-12)9-16(2)10-13(17)15-14(18)19-3/h5-8H,4,9-10H2,1-3H3,(H,15,17,18)/p+1. The summed E-state index contributed by atoms with van der Waals surface area (Å²) in [6.07, 6.45) is -0.733. The van der Waals surface area contributed by atoms with Crippen LogP contribution in [0.2, 0.25) is 0 Å². The lowest BCUT2D eigenvalue weighted by Crippen LogP contribution is -3.08. The molecule has 0 fully saturated rings. The molecule has 0 spiro atoms. The number of rotatable bonds is 6. The SMILES string of the molecule is CCOc1ccc(C[NH+](C)CC(=O)NC(=O)OC)cc1. The van der Waals surface area contributed by atoms with Crippen molar-refractivity contribution in [1.82, 2.24) is 5.32 Å². The van der Waals surface area contributed by atoms with E-state index in [2.05, 4.69) is 10.1 Å². The topological polar surface area (TPSA) is 69.1 Å². The van der Waals surface area contributed by atoms with Crippen molar-refractivity contribution >= 4 is 12.0 Å². The zero-order chi connectivity index (χ0) is 15.0. The molecule has 0 aliphatic carbocycles. The van der Waals surface area contributed by atoms with Gasteiger partial charge in [-0.3, -0.25) is 10.1 Å². The van der Waals surface area contributed by atoms with Gasteiger partial charge in [0.1, 0.15) is 12.3 Å². The number of quaternary nitrogens is 1. The normalized spacial score (nSPS) is 11.6. The number of ether oxygens (including phenoxy) is 2. The molecule has 1 rings (SSSR count). The Balaban J connectivity index is 2.43. The molecular weight excluding hydrogens is 260 g/mol. The van der Waals surface area contributed by atoms with Crippen LogP contribution >= 0.6 is 0 Å². The van der Waals surface area contributed by atoms with Gasteiger partial charge in [-0.25, -0.2) is 4.79 Å². The van der Waals surface area contributed by atoms with Gasteiger partial charge in [-0.05, 0) is 31.2 Å². The molecule has 0 aliphatic heterocycles. The highest BCUT2D eigenvalue weighted by atomic mass is 16.5. The van der Waals surface area contributed by atoms with E-state index in [1.54, 1.807) is 0 Å². The molecule has 1 atom stereocenters. The van der Waals surface area contributed by atoms with E-state index >= 15 is 0 Å². The van der Waals surface area contributed by atoms with E-state index in [-0.39, 0.29) is 12.5 Å². The number of imide groups is 1. The molecule has 0 saturated heterocycles. The van der Waals surface area contributed by atoms with Gasteiger partial charge in [0.05, 0.1) is 20.8 Å². The van der Waals surface area contributed by atoms with Crippen LogP contribution in [0, 0.1) is 0 Å². The van der Waals surface area contributed by atoms with Crippen LogP contribution in [0.3, 0.4) is 0 Å². The van der Waals surface area contributed by atoms with Crippen molar-refractivity contribution in [2.45, 2.75) is 13.5 Å². The van der Waals surface area contributed by atoms with Crippen molar-refractivity contribution < 1.29 is 24.0 Å². The highest BCUT2D eigenvalue weighted by molar-refractivity contribution is 5.92. The second kappa shape index (κ2) is 8.16. The molecule has 0 saturated carbocycles. The maximum absolute atomic E-state index is 11.5. The monoisotopic (exact) mass is 281 g/mol. The number of hydrogen-bond donors (Lipinski definition) is 2. The molecule has 2 amide bonds. The molecule has 0 aliphatic rings. The lowest BCUT2D eigenvalue weighted by Gasteiger charge is -2.13. The van der Waals surface area contributed by atoms with Crippen LogP contribution < -0.4 is 15.0 Å². The van der Waals surface area contributed by atoms with Crippen molar-refractivity contribution in [3.05, 3.63) is 29.8 Å². The quantitative estimate of drug-likeness (QED) is 0.769. The number of methoxy groups -OCH3 is 1. The Hall–Kier alpha value is -2.08. The minimum absolute atomic E-state index is 0.197. The fourth-order valence-electron chi connectivity index (χ4n) is 1.76. The Kier molecular flexibility index (Phi) is 6.52. The highest BCUT2D eigenvalue weighted by Crippen LogP contribution is 2.11. The number of carbonyl (C=O) groups is 2. The lowest BCUT2D eigenvalue weighted by atomic mass is 10.2. The summed E-state index contributed by atoms with van der Waals surface area (Å²) in [6, 6.07) is 7.74. The fraction of sp³-hybridized carbons (Fsp3) is 0.429. The molecule has 6 nitrogen and oxygen atoms in total. The summed E-state index contributed by atoms with van der Waals surface area (Å²) in [5, 5.41) is 2.13. The summed E-state index contributed by atoms with van der Waals surface area (Å²) >= 11 is 0. The minimum Gasteiger partial charge on any atom is -0.494 e. The molecule has 110 valence electrons. The summed E-state index contributed by atoms with van der Waals surface area (Å²) < 4.78 is 9.73. The van der Waals surface area contributed by atoms with Crippen LogP contribution in [0.4, 0.5) is 4.79 Å². The van der Waals surface area contributed by atoms with Gasteiger partial charge in [0.25, 0.3) is 5.91 Å². The molecule has 0 radical (unpaired) electrons. The first-order valence-corrected chi connectivity index (χ1v) is 6.46. The third kappa shape index (κ3) is 5.71. The minimum atomic E-state index is -0.733. The van der Waals surface area contributed by atoms with Crippen molar-refractivity contribution in [3.63, 3.8) is 0 Å². The van der Waals surface area contributed by atoms with E-state index in [1.165, 1.54) is 7.11 Å². The van der Waals surface area contributed by atoms with Crippen molar-refractivity contribution in [2.75, 3.05) is 27.3 Å². The van der Waals surface area contributed by atoms with Gasteiger partial charge in [-0.2, -0.15) is 0 Å². The molecule has 1 aromatic rings. The fourth-order valence-corrected chi connectivity index (χ4v) is 1.76. The number of nitrogens with one attached hydrogen (secondary N) is 2. The second-order valence-corrected chi connectivity index (χ2v) is 4.43. The van der Waals surface area contributed by atoms with Crippen LogP contribution in [0.1, 0.15) is 12.5 Å². The number of carbonyl (C=O) groups excluding carboxylic acids is 2. The smallest absolute Gasteiger partial charge is 0.413 e. The van der Waals surface area contributed by atoms with Gasteiger partial charge in [-0.15, -0.1) is 0 Å². The van der Waals surface area contributed by atoms with E-state index < -0.39 is 6.09 Å². The molecule has 6 heteroatoms. The Morgan fingerprint density at radius 3 is 2.45 bits per heavy atom. The average molecular weight is 281 g/mol. The Labute approximate surface area is 118 Å². The third-order valence-corrected chi connectivity index (χ3v) is 2.63.